The molecule has 0 aromatic heterocycles. The van der Waals surface area contributed by atoms with Crippen molar-refractivity contribution in [3.8, 4) is 0 Å². The number of nitrogens with zero attached hydrogens (tertiary/aromatic N) is 1. The largest absolute Gasteiger partial charge is 0.464 e. The standard InChI is InChI=1S/C12H16F3NO3/c1-3-19-11(18)9-5-4-6-16(9)10(17)7-8(2)12(13,14)15/h7,9H,3-6H2,1-2H3/b8-7+. The first-order valence-corrected chi connectivity index (χ1v) is 6.00. The van der Waals surface area contributed by atoms with Crippen LogP contribution in [0.25, 0.3) is 0 Å². The molecule has 1 aliphatic rings. The number of carbonyl (C=O) groups is 2. The molecule has 1 saturated heterocycles. The molecule has 1 aliphatic heterocycles. The average Bonchev–Trinajstić information content (AvgIpc) is 2.76. The summed E-state index contributed by atoms with van der Waals surface area (Å²) in [6, 6.07) is -0.773. The number of hydrogen-bond acceptors (Lipinski definition) is 3. The molecule has 1 heterocycles. The fourth-order valence-electron chi connectivity index (χ4n) is 1.86. The highest BCUT2D eigenvalue weighted by Gasteiger charge is 2.36. The molecule has 0 bridgehead atoms. The molecule has 0 aliphatic carbocycles. The number of likely N-dealkylation sites (tertiary alicyclic amines) is 1. The van der Waals surface area contributed by atoms with Crippen molar-refractivity contribution in [3.05, 3.63) is 11.6 Å². The highest BCUT2D eigenvalue weighted by Crippen LogP contribution is 2.26. The van der Waals surface area contributed by atoms with Crippen LogP contribution in [0.3, 0.4) is 0 Å². The highest BCUT2D eigenvalue weighted by molar-refractivity contribution is 5.92. The van der Waals surface area contributed by atoms with Gasteiger partial charge in [0.15, 0.2) is 0 Å². The van der Waals surface area contributed by atoms with Crippen LogP contribution in [-0.4, -0.2) is 42.1 Å². The van der Waals surface area contributed by atoms with Gasteiger partial charge < -0.3 is 9.64 Å². The van der Waals surface area contributed by atoms with Crippen molar-refractivity contribution >= 4 is 11.9 Å². The predicted octanol–water partition coefficient (Wildman–Crippen LogP) is 2.05. The summed E-state index contributed by atoms with van der Waals surface area (Å²) in [6.45, 7) is 2.90. The Labute approximate surface area is 109 Å². The van der Waals surface area contributed by atoms with Gasteiger partial charge in [-0.05, 0) is 26.7 Å². The van der Waals surface area contributed by atoms with Crippen molar-refractivity contribution in [2.75, 3.05) is 13.2 Å². The summed E-state index contributed by atoms with van der Waals surface area (Å²) in [4.78, 5) is 24.5. The summed E-state index contributed by atoms with van der Waals surface area (Å²) < 4.78 is 41.8. The van der Waals surface area contributed by atoms with Crippen molar-refractivity contribution < 1.29 is 27.5 Å². The highest BCUT2D eigenvalue weighted by atomic mass is 19.4. The van der Waals surface area contributed by atoms with Gasteiger partial charge >= 0.3 is 12.1 Å². The average molecular weight is 279 g/mol. The van der Waals surface area contributed by atoms with E-state index in [-0.39, 0.29) is 13.2 Å². The summed E-state index contributed by atoms with van der Waals surface area (Å²) in [5, 5.41) is 0. The van der Waals surface area contributed by atoms with Crippen LogP contribution in [0.2, 0.25) is 0 Å². The lowest BCUT2D eigenvalue weighted by Gasteiger charge is -2.22. The summed E-state index contributed by atoms with van der Waals surface area (Å²) >= 11 is 0. The van der Waals surface area contributed by atoms with E-state index in [0.29, 0.717) is 18.9 Å². The minimum Gasteiger partial charge on any atom is -0.464 e. The lowest BCUT2D eigenvalue weighted by molar-refractivity contribution is -0.151. The Morgan fingerprint density at radius 2 is 2.05 bits per heavy atom. The Hall–Kier alpha value is -1.53. The third kappa shape index (κ3) is 3.97. The van der Waals surface area contributed by atoms with E-state index in [1.165, 1.54) is 0 Å². The number of hydrogen-bond donors (Lipinski definition) is 0. The zero-order chi connectivity index (χ0) is 14.6. The maximum Gasteiger partial charge on any atom is 0.412 e. The van der Waals surface area contributed by atoms with Crippen molar-refractivity contribution in [1.82, 2.24) is 4.90 Å². The van der Waals surface area contributed by atoms with Crippen LogP contribution in [0.15, 0.2) is 11.6 Å². The fraction of sp³-hybridized carbons (Fsp3) is 0.667. The number of esters is 1. The molecule has 1 amide bonds. The maximum absolute atomic E-state index is 12.3. The van der Waals surface area contributed by atoms with E-state index in [1.807, 2.05) is 0 Å². The fourth-order valence-corrected chi connectivity index (χ4v) is 1.86. The molecule has 108 valence electrons. The molecule has 0 radical (unpaired) electrons. The predicted molar refractivity (Wildman–Crippen MR) is 61.2 cm³/mol. The Morgan fingerprint density at radius 3 is 2.58 bits per heavy atom. The second-order valence-corrected chi connectivity index (χ2v) is 4.27. The number of rotatable bonds is 3. The monoisotopic (exact) mass is 279 g/mol. The van der Waals surface area contributed by atoms with E-state index < -0.39 is 29.7 Å². The van der Waals surface area contributed by atoms with E-state index in [9.17, 15) is 22.8 Å². The molecule has 1 fully saturated rings. The number of amides is 1. The zero-order valence-electron chi connectivity index (χ0n) is 10.8. The Morgan fingerprint density at radius 1 is 1.42 bits per heavy atom. The Kier molecular flexibility index (Phi) is 4.97. The molecular formula is C12H16F3NO3. The molecule has 0 aromatic carbocycles. The quantitative estimate of drug-likeness (QED) is 0.587. The van der Waals surface area contributed by atoms with E-state index in [2.05, 4.69) is 0 Å². The van der Waals surface area contributed by atoms with E-state index >= 15 is 0 Å². The first-order chi connectivity index (χ1) is 8.77. The summed E-state index contributed by atoms with van der Waals surface area (Å²) in [5.41, 5.74) is -0.980. The third-order valence-corrected chi connectivity index (χ3v) is 2.88. The molecular weight excluding hydrogens is 263 g/mol. The van der Waals surface area contributed by atoms with E-state index in [4.69, 9.17) is 4.74 Å². The van der Waals surface area contributed by atoms with Crippen molar-refractivity contribution in [2.45, 2.75) is 38.9 Å². The molecule has 4 nitrogen and oxygen atoms in total. The number of allylic oxidation sites excluding steroid dienone is 1. The van der Waals surface area contributed by atoms with Crippen LogP contribution in [0.5, 0.6) is 0 Å². The topological polar surface area (TPSA) is 46.6 Å². The number of carbonyl (C=O) groups excluding carboxylic acids is 2. The van der Waals surface area contributed by atoms with Gasteiger partial charge in [-0.25, -0.2) is 4.79 Å². The first-order valence-electron chi connectivity index (χ1n) is 6.00. The van der Waals surface area contributed by atoms with Crippen LogP contribution in [-0.2, 0) is 14.3 Å². The smallest absolute Gasteiger partial charge is 0.412 e. The van der Waals surface area contributed by atoms with Gasteiger partial charge in [-0.2, -0.15) is 13.2 Å². The minimum absolute atomic E-state index is 0.175. The SMILES string of the molecule is CCOC(=O)C1CCCN1C(=O)/C=C(\C)C(F)(F)F. The molecule has 0 spiro atoms. The van der Waals surface area contributed by atoms with Crippen molar-refractivity contribution in [1.29, 1.82) is 0 Å². The second-order valence-electron chi connectivity index (χ2n) is 4.27. The van der Waals surface area contributed by atoms with Crippen LogP contribution in [0.4, 0.5) is 13.2 Å². The molecule has 0 saturated carbocycles. The van der Waals surface area contributed by atoms with Gasteiger partial charge in [-0.3, -0.25) is 4.79 Å². The zero-order valence-corrected chi connectivity index (χ0v) is 10.8. The summed E-state index contributed by atoms with van der Waals surface area (Å²) in [6.07, 6.45) is -3.01. The molecule has 1 atom stereocenters. The van der Waals surface area contributed by atoms with Gasteiger partial charge in [0.1, 0.15) is 6.04 Å². The Bertz CT molecular complexity index is 390. The van der Waals surface area contributed by atoms with Gasteiger partial charge in [0, 0.05) is 18.2 Å². The van der Waals surface area contributed by atoms with Gasteiger partial charge in [-0.1, -0.05) is 0 Å². The van der Waals surface area contributed by atoms with Crippen molar-refractivity contribution in [2.24, 2.45) is 0 Å². The summed E-state index contributed by atoms with van der Waals surface area (Å²) in [5.74, 6) is -1.36. The number of alkyl halides is 3. The van der Waals surface area contributed by atoms with Gasteiger partial charge in [0.2, 0.25) is 5.91 Å². The molecule has 0 aromatic rings. The molecule has 1 unspecified atom stereocenters. The molecule has 0 N–H and O–H groups in total. The maximum atomic E-state index is 12.3. The van der Waals surface area contributed by atoms with Gasteiger partial charge in [0.25, 0.3) is 0 Å². The van der Waals surface area contributed by atoms with Gasteiger partial charge in [-0.15, -0.1) is 0 Å². The summed E-state index contributed by atoms with van der Waals surface area (Å²) in [7, 11) is 0. The molecule has 1 rings (SSSR count). The lowest BCUT2D eigenvalue weighted by Crippen LogP contribution is -2.41. The van der Waals surface area contributed by atoms with Crippen LogP contribution in [0.1, 0.15) is 26.7 Å². The second kappa shape index (κ2) is 6.08. The van der Waals surface area contributed by atoms with Crippen LogP contribution in [0, 0.1) is 0 Å². The third-order valence-electron chi connectivity index (χ3n) is 2.88. The lowest BCUT2D eigenvalue weighted by atomic mass is 10.2. The number of halogens is 3. The Balaban J connectivity index is 2.79. The first kappa shape index (κ1) is 15.5. The minimum atomic E-state index is -4.53. The van der Waals surface area contributed by atoms with Crippen LogP contribution < -0.4 is 0 Å². The van der Waals surface area contributed by atoms with Crippen molar-refractivity contribution in [3.63, 3.8) is 0 Å². The normalized spacial score (nSPS) is 20.6. The van der Waals surface area contributed by atoms with E-state index in [1.54, 1.807) is 6.92 Å². The van der Waals surface area contributed by atoms with E-state index in [0.717, 1.165) is 11.8 Å². The number of ether oxygens (including phenoxy) is 1. The molecule has 7 heteroatoms. The molecule has 19 heavy (non-hydrogen) atoms. The van der Waals surface area contributed by atoms with Gasteiger partial charge in [0.05, 0.1) is 6.61 Å². The van der Waals surface area contributed by atoms with Crippen LogP contribution >= 0.6 is 0 Å².